The molecule has 14 heavy (non-hydrogen) atoms. The van der Waals surface area contributed by atoms with Crippen molar-refractivity contribution in [2.24, 2.45) is 0 Å². The van der Waals surface area contributed by atoms with Crippen molar-refractivity contribution in [2.45, 2.75) is 18.0 Å². The molecular weight excluding hydrogens is 213 g/mol. The maximum Gasteiger partial charge on any atom is 1.00 e. The summed E-state index contributed by atoms with van der Waals surface area (Å²) in [6.45, 7) is 1.38. The Hall–Kier alpha value is 0.0900. The first-order chi connectivity index (χ1) is 6.07. The van der Waals surface area contributed by atoms with Crippen LogP contribution >= 0.6 is 0 Å². The molecule has 1 aliphatic heterocycles. The van der Waals surface area contributed by atoms with Gasteiger partial charge in [-0.3, -0.25) is 0 Å². The quantitative estimate of drug-likeness (QED) is 0.411. The third-order valence-electron chi connectivity index (χ3n) is 2.10. The average molecular weight is 221 g/mol. The van der Waals surface area contributed by atoms with E-state index in [0.717, 1.165) is 17.7 Å². The molecule has 1 aromatic rings. The van der Waals surface area contributed by atoms with Gasteiger partial charge in [0.1, 0.15) is 10.1 Å². The molecule has 4 nitrogen and oxygen atoms in total. The zero-order chi connectivity index (χ0) is 9.47. The fraction of sp³-hybridized carbons (Fsp3) is 0.250. The fourth-order valence-electron chi connectivity index (χ4n) is 1.43. The summed E-state index contributed by atoms with van der Waals surface area (Å²) in [6, 6.07) is 4.48. The zero-order valence-electron chi connectivity index (χ0n) is 7.78. The predicted molar refractivity (Wildman–Crippen MR) is 44.9 cm³/mol. The van der Waals surface area contributed by atoms with Gasteiger partial charge in [-0.25, -0.2) is 8.42 Å². The van der Waals surface area contributed by atoms with Crippen LogP contribution in [0.4, 0.5) is 0 Å². The monoisotopic (exact) mass is 221 g/mol. The number of hydrogen-bond donors (Lipinski definition) is 1. The van der Waals surface area contributed by atoms with Gasteiger partial charge in [0.15, 0.2) is 0 Å². The van der Waals surface area contributed by atoms with Crippen LogP contribution in [0, 0.1) is 0 Å². The zero-order valence-corrected chi connectivity index (χ0v) is 10.6. The second-order valence-corrected chi connectivity index (χ2v) is 4.37. The van der Waals surface area contributed by atoms with Gasteiger partial charge in [0.05, 0.1) is 4.90 Å². The van der Waals surface area contributed by atoms with Crippen molar-refractivity contribution >= 4 is 10.1 Å². The normalized spacial score (nSPS) is 14.6. The Morgan fingerprint density at radius 3 is 2.50 bits per heavy atom. The molecule has 0 saturated heterocycles. The van der Waals surface area contributed by atoms with Crippen molar-refractivity contribution in [3.63, 3.8) is 0 Å². The molecule has 2 rings (SSSR count). The molecule has 1 heterocycles. The Morgan fingerprint density at radius 2 is 1.86 bits per heavy atom. The van der Waals surface area contributed by atoms with E-state index >= 15 is 0 Å². The van der Waals surface area contributed by atoms with E-state index in [4.69, 9.17) is 0 Å². The minimum absolute atomic E-state index is 0. The molecule has 0 saturated carbocycles. The van der Waals surface area contributed by atoms with E-state index in [1.165, 1.54) is 12.1 Å². The van der Waals surface area contributed by atoms with E-state index in [1.54, 1.807) is 6.07 Å². The van der Waals surface area contributed by atoms with Crippen molar-refractivity contribution < 1.29 is 42.5 Å². The smallest absolute Gasteiger partial charge is 0.744 e. The molecule has 0 unspecified atom stereocenters. The fourth-order valence-corrected chi connectivity index (χ4v) is 1.95. The summed E-state index contributed by atoms with van der Waals surface area (Å²) in [5, 5.41) is 3.07. The molecule has 1 aliphatic rings. The van der Waals surface area contributed by atoms with Gasteiger partial charge in [-0.1, -0.05) is 6.07 Å². The van der Waals surface area contributed by atoms with Crippen LogP contribution < -0.4 is 34.9 Å². The van der Waals surface area contributed by atoms with Crippen LogP contribution in [0.1, 0.15) is 11.1 Å². The summed E-state index contributed by atoms with van der Waals surface area (Å²) in [5.41, 5.74) is 1.96. The summed E-state index contributed by atoms with van der Waals surface area (Å²) >= 11 is 0. The summed E-state index contributed by atoms with van der Waals surface area (Å²) in [5.74, 6) is 0. The maximum atomic E-state index is 10.7. The summed E-state index contributed by atoms with van der Waals surface area (Å²) in [7, 11) is -4.30. The van der Waals surface area contributed by atoms with Crippen LogP contribution in [-0.2, 0) is 23.2 Å². The van der Waals surface area contributed by atoms with Gasteiger partial charge >= 0.3 is 29.6 Å². The third-order valence-corrected chi connectivity index (χ3v) is 2.93. The van der Waals surface area contributed by atoms with Crippen LogP contribution in [0.15, 0.2) is 23.1 Å². The average Bonchev–Trinajstić information content (AvgIpc) is 2.47. The van der Waals surface area contributed by atoms with Crippen molar-refractivity contribution in [1.29, 1.82) is 0 Å². The van der Waals surface area contributed by atoms with Gasteiger partial charge < -0.3 is 9.87 Å². The Kier molecular flexibility index (Phi) is 3.74. The first-order valence-corrected chi connectivity index (χ1v) is 5.26. The number of fused-ring (bicyclic) bond motifs is 1. The summed E-state index contributed by atoms with van der Waals surface area (Å²) in [4.78, 5) is -0.144. The minimum atomic E-state index is -4.30. The molecule has 0 spiro atoms. The van der Waals surface area contributed by atoms with Crippen molar-refractivity contribution in [3.8, 4) is 0 Å². The maximum absolute atomic E-state index is 10.7. The second kappa shape index (κ2) is 4.30. The molecular formula is C8H8NNaO3S. The van der Waals surface area contributed by atoms with Gasteiger partial charge in [0, 0.05) is 13.1 Å². The molecule has 6 heteroatoms. The Bertz CT molecular complexity index is 444. The van der Waals surface area contributed by atoms with Crippen LogP contribution in [-0.4, -0.2) is 13.0 Å². The SMILES string of the molecule is O=S(=O)([O-])c1ccc2c(c1)CNC2.[Na+]. The van der Waals surface area contributed by atoms with Crippen LogP contribution in [0.5, 0.6) is 0 Å². The van der Waals surface area contributed by atoms with E-state index in [2.05, 4.69) is 5.32 Å². The molecule has 0 atom stereocenters. The van der Waals surface area contributed by atoms with E-state index in [0.29, 0.717) is 6.54 Å². The van der Waals surface area contributed by atoms with E-state index < -0.39 is 10.1 Å². The summed E-state index contributed by atoms with van der Waals surface area (Å²) < 4.78 is 32.0. The molecule has 0 aromatic heterocycles. The minimum Gasteiger partial charge on any atom is -0.744 e. The number of hydrogen-bond acceptors (Lipinski definition) is 4. The number of nitrogens with one attached hydrogen (secondary N) is 1. The molecule has 70 valence electrons. The summed E-state index contributed by atoms with van der Waals surface area (Å²) in [6.07, 6.45) is 0. The van der Waals surface area contributed by atoms with Crippen LogP contribution in [0.25, 0.3) is 0 Å². The molecule has 1 aromatic carbocycles. The van der Waals surface area contributed by atoms with Gasteiger partial charge in [-0.2, -0.15) is 0 Å². The van der Waals surface area contributed by atoms with E-state index in [9.17, 15) is 13.0 Å². The van der Waals surface area contributed by atoms with Gasteiger partial charge in [0.25, 0.3) is 0 Å². The van der Waals surface area contributed by atoms with E-state index in [-0.39, 0.29) is 34.5 Å². The largest absolute Gasteiger partial charge is 1.00 e. The Balaban J connectivity index is 0.000000980. The number of benzene rings is 1. The van der Waals surface area contributed by atoms with Crippen LogP contribution in [0.3, 0.4) is 0 Å². The molecule has 0 amide bonds. The van der Waals surface area contributed by atoms with Crippen molar-refractivity contribution in [2.75, 3.05) is 0 Å². The first-order valence-electron chi connectivity index (χ1n) is 3.86. The molecule has 0 radical (unpaired) electrons. The Labute approximate surface area is 105 Å². The molecule has 0 bridgehead atoms. The Morgan fingerprint density at radius 1 is 1.21 bits per heavy atom. The van der Waals surface area contributed by atoms with Crippen molar-refractivity contribution in [3.05, 3.63) is 29.3 Å². The van der Waals surface area contributed by atoms with Gasteiger partial charge in [0.2, 0.25) is 0 Å². The predicted octanol–water partition coefficient (Wildman–Crippen LogP) is -2.80. The first kappa shape index (κ1) is 12.2. The van der Waals surface area contributed by atoms with Crippen LogP contribution in [0.2, 0.25) is 0 Å². The van der Waals surface area contributed by atoms with Gasteiger partial charge in [-0.05, 0) is 23.3 Å². The standard InChI is InChI=1S/C8H9NO3S.Na/c10-13(11,12)8-2-1-6-4-9-5-7(6)3-8;/h1-3,9H,4-5H2,(H,10,11,12);/q;+1/p-1. The van der Waals surface area contributed by atoms with Gasteiger partial charge in [-0.15, -0.1) is 0 Å². The molecule has 1 N–H and O–H groups in total. The topological polar surface area (TPSA) is 69.2 Å². The third kappa shape index (κ3) is 2.36. The van der Waals surface area contributed by atoms with Crippen molar-refractivity contribution in [1.82, 2.24) is 5.32 Å². The molecule has 0 aliphatic carbocycles. The second-order valence-electron chi connectivity index (χ2n) is 2.99. The van der Waals surface area contributed by atoms with E-state index in [1.807, 2.05) is 0 Å². The molecule has 0 fully saturated rings. The number of rotatable bonds is 1.